The summed E-state index contributed by atoms with van der Waals surface area (Å²) in [5, 5.41) is 6.63. The summed E-state index contributed by atoms with van der Waals surface area (Å²) in [7, 11) is 0. The van der Waals surface area contributed by atoms with Crippen LogP contribution in [0.25, 0.3) is 0 Å². The third-order valence-electron chi connectivity index (χ3n) is 5.12. The summed E-state index contributed by atoms with van der Waals surface area (Å²) < 4.78 is 19.2. The van der Waals surface area contributed by atoms with Crippen LogP contribution in [0.5, 0.6) is 0 Å². The van der Waals surface area contributed by atoms with Crippen LogP contribution in [0.15, 0.2) is 18.2 Å². The van der Waals surface area contributed by atoms with E-state index in [9.17, 15) is 9.18 Å². The van der Waals surface area contributed by atoms with Crippen molar-refractivity contribution in [3.8, 4) is 0 Å². The molecule has 132 valence electrons. The normalized spacial score (nSPS) is 22.4. The van der Waals surface area contributed by atoms with E-state index < -0.39 is 0 Å². The van der Waals surface area contributed by atoms with E-state index in [4.69, 9.17) is 4.74 Å². The molecule has 1 aliphatic heterocycles. The summed E-state index contributed by atoms with van der Waals surface area (Å²) in [6, 6.07) is 5.15. The first-order valence-corrected chi connectivity index (χ1v) is 8.97. The second-order valence-corrected chi connectivity index (χ2v) is 7.18. The SMILES string of the molecule is CC(C)[C@H](NC1CCOCC1)C(=O)N[C@@H]1CCc2c(F)cccc21. The molecule has 1 aliphatic carbocycles. The highest BCUT2D eigenvalue weighted by Gasteiger charge is 2.31. The van der Waals surface area contributed by atoms with Gasteiger partial charge >= 0.3 is 0 Å². The van der Waals surface area contributed by atoms with E-state index in [-0.39, 0.29) is 29.7 Å². The molecule has 0 unspecified atom stereocenters. The smallest absolute Gasteiger partial charge is 0.237 e. The molecule has 4 nitrogen and oxygen atoms in total. The van der Waals surface area contributed by atoms with Crippen LogP contribution >= 0.6 is 0 Å². The predicted octanol–water partition coefficient (Wildman–Crippen LogP) is 2.72. The topological polar surface area (TPSA) is 50.4 Å². The van der Waals surface area contributed by atoms with Gasteiger partial charge in [-0.15, -0.1) is 0 Å². The highest BCUT2D eigenvalue weighted by Crippen LogP contribution is 2.32. The van der Waals surface area contributed by atoms with Gasteiger partial charge in [-0.2, -0.15) is 0 Å². The molecule has 1 aromatic carbocycles. The number of hydrogen-bond donors (Lipinski definition) is 2. The minimum absolute atomic E-state index is 0.0126. The number of halogens is 1. The van der Waals surface area contributed by atoms with Crippen molar-refractivity contribution in [2.75, 3.05) is 13.2 Å². The zero-order valence-corrected chi connectivity index (χ0v) is 14.5. The van der Waals surface area contributed by atoms with Crippen molar-refractivity contribution in [1.29, 1.82) is 0 Å². The highest BCUT2D eigenvalue weighted by atomic mass is 19.1. The van der Waals surface area contributed by atoms with Gasteiger partial charge in [-0.25, -0.2) is 4.39 Å². The number of hydrogen-bond acceptors (Lipinski definition) is 3. The molecule has 0 radical (unpaired) electrons. The molecule has 0 spiro atoms. The molecule has 0 aromatic heterocycles. The van der Waals surface area contributed by atoms with Gasteiger partial charge in [-0.1, -0.05) is 26.0 Å². The minimum atomic E-state index is -0.231. The lowest BCUT2D eigenvalue weighted by molar-refractivity contribution is -0.125. The van der Waals surface area contributed by atoms with E-state index in [1.807, 2.05) is 6.07 Å². The molecule has 2 aliphatic rings. The van der Waals surface area contributed by atoms with Gasteiger partial charge in [-0.3, -0.25) is 4.79 Å². The van der Waals surface area contributed by atoms with Gasteiger partial charge in [0.1, 0.15) is 5.82 Å². The molecule has 5 heteroatoms. The molecule has 24 heavy (non-hydrogen) atoms. The molecule has 1 fully saturated rings. The van der Waals surface area contributed by atoms with Crippen molar-refractivity contribution in [3.05, 3.63) is 35.1 Å². The maximum Gasteiger partial charge on any atom is 0.237 e. The number of carbonyl (C=O) groups excluding carboxylic acids is 1. The van der Waals surface area contributed by atoms with Crippen molar-refractivity contribution >= 4 is 5.91 Å². The number of ether oxygens (including phenoxy) is 1. The Morgan fingerprint density at radius 1 is 1.25 bits per heavy atom. The third kappa shape index (κ3) is 3.78. The fourth-order valence-electron chi connectivity index (χ4n) is 3.71. The number of benzene rings is 1. The average Bonchev–Trinajstić information content (AvgIpc) is 2.97. The van der Waals surface area contributed by atoms with Crippen LogP contribution in [-0.2, 0) is 16.0 Å². The Labute approximate surface area is 143 Å². The van der Waals surface area contributed by atoms with E-state index in [1.165, 1.54) is 6.07 Å². The van der Waals surface area contributed by atoms with Crippen molar-refractivity contribution in [2.45, 2.75) is 57.7 Å². The fraction of sp³-hybridized carbons (Fsp3) is 0.632. The molecule has 2 atom stereocenters. The van der Waals surface area contributed by atoms with Gasteiger partial charge in [0.25, 0.3) is 0 Å². The number of nitrogens with one attached hydrogen (secondary N) is 2. The summed E-state index contributed by atoms with van der Waals surface area (Å²) in [4.78, 5) is 12.8. The van der Waals surface area contributed by atoms with Crippen molar-refractivity contribution < 1.29 is 13.9 Å². The fourth-order valence-corrected chi connectivity index (χ4v) is 3.71. The van der Waals surface area contributed by atoms with Crippen LogP contribution in [0.3, 0.4) is 0 Å². The molecule has 1 amide bonds. The van der Waals surface area contributed by atoms with Gasteiger partial charge in [-0.05, 0) is 48.8 Å². The lowest BCUT2D eigenvalue weighted by Gasteiger charge is -2.31. The lowest BCUT2D eigenvalue weighted by Crippen LogP contribution is -2.52. The number of carbonyl (C=O) groups is 1. The van der Waals surface area contributed by atoms with E-state index in [0.29, 0.717) is 12.5 Å². The monoisotopic (exact) mass is 334 g/mol. The number of amides is 1. The predicted molar refractivity (Wildman–Crippen MR) is 91.2 cm³/mol. The van der Waals surface area contributed by atoms with Crippen LogP contribution in [0.2, 0.25) is 0 Å². The van der Waals surface area contributed by atoms with Crippen LogP contribution in [0.1, 0.15) is 50.3 Å². The van der Waals surface area contributed by atoms with E-state index in [0.717, 1.165) is 43.6 Å². The Morgan fingerprint density at radius 2 is 2.00 bits per heavy atom. The first kappa shape index (κ1) is 17.4. The van der Waals surface area contributed by atoms with Gasteiger partial charge in [0, 0.05) is 19.3 Å². The first-order chi connectivity index (χ1) is 11.6. The second kappa shape index (κ2) is 7.62. The zero-order valence-electron chi connectivity index (χ0n) is 14.5. The molecule has 1 aromatic rings. The Bertz CT molecular complexity index is 585. The zero-order chi connectivity index (χ0) is 17.1. The van der Waals surface area contributed by atoms with Gasteiger partial charge < -0.3 is 15.4 Å². The number of fused-ring (bicyclic) bond motifs is 1. The summed E-state index contributed by atoms with van der Waals surface area (Å²) in [6.07, 6.45) is 3.33. The van der Waals surface area contributed by atoms with Gasteiger partial charge in [0.2, 0.25) is 5.91 Å². The summed E-state index contributed by atoms with van der Waals surface area (Å²) >= 11 is 0. The average molecular weight is 334 g/mol. The highest BCUT2D eigenvalue weighted by molar-refractivity contribution is 5.82. The van der Waals surface area contributed by atoms with Crippen molar-refractivity contribution in [1.82, 2.24) is 10.6 Å². The standard InChI is InChI=1S/C19H27FN2O2/c1-12(2)18(21-13-8-10-24-11-9-13)19(23)22-17-7-6-14-15(17)4-3-5-16(14)20/h3-5,12-13,17-18,21H,6-11H2,1-2H3,(H,22,23)/t17-,18+/m1/s1. The molecular formula is C19H27FN2O2. The molecule has 0 saturated carbocycles. The Morgan fingerprint density at radius 3 is 2.71 bits per heavy atom. The quantitative estimate of drug-likeness (QED) is 0.870. The molecule has 1 saturated heterocycles. The molecule has 2 N–H and O–H groups in total. The minimum Gasteiger partial charge on any atom is -0.381 e. The van der Waals surface area contributed by atoms with Crippen molar-refractivity contribution in [2.24, 2.45) is 5.92 Å². The van der Waals surface area contributed by atoms with Crippen LogP contribution in [0.4, 0.5) is 4.39 Å². The Kier molecular flexibility index (Phi) is 5.51. The second-order valence-electron chi connectivity index (χ2n) is 7.18. The van der Waals surface area contributed by atoms with Crippen LogP contribution in [-0.4, -0.2) is 31.2 Å². The lowest BCUT2D eigenvalue weighted by atomic mass is 9.99. The van der Waals surface area contributed by atoms with Gasteiger partial charge in [0.15, 0.2) is 0 Å². The number of rotatable bonds is 5. The van der Waals surface area contributed by atoms with Crippen LogP contribution in [0, 0.1) is 11.7 Å². The Balaban J connectivity index is 1.65. The molecule has 3 rings (SSSR count). The van der Waals surface area contributed by atoms with E-state index in [2.05, 4.69) is 24.5 Å². The largest absolute Gasteiger partial charge is 0.381 e. The first-order valence-electron chi connectivity index (χ1n) is 8.97. The summed E-state index contributed by atoms with van der Waals surface area (Å²) in [6.45, 7) is 5.61. The molecule has 0 bridgehead atoms. The van der Waals surface area contributed by atoms with Crippen LogP contribution < -0.4 is 10.6 Å². The van der Waals surface area contributed by atoms with E-state index in [1.54, 1.807) is 6.07 Å². The van der Waals surface area contributed by atoms with E-state index >= 15 is 0 Å². The molecular weight excluding hydrogens is 307 g/mol. The maximum absolute atomic E-state index is 13.9. The van der Waals surface area contributed by atoms with Crippen molar-refractivity contribution in [3.63, 3.8) is 0 Å². The Hall–Kier alpha value is -1.46. The molecule has 1 heterocycles. The van der Waals surface area contributed by atoms with Gasteiger partial charge in [0.05, 0.1) is 12.1 Å². The maximum atomic E-state index is 13.9. The summed E-state index contributed by atoms with van der Waals surface area (Å²) in [5.41, 5.74) is 1.68. The third-order valence-corrected chi connectivity index (χ3v) is 5.12. The summed E-state index contributed by atoms with van der Waals surface area (Å²) in [5.74, 6) is 0.0461.